The fourth-order valence-electron chi connectivity index (χ4n) is 5.40. The first-order valence-corrected chi connectivity index (χ1v) is 17.3. The molecule has 5 atom stereocenters. The molecule has 1 aliphatic heterocycles. The minimum absolute atomic E-state index is 0. The number of phosphoric acid groups is 1. The van der Waals surface area contributed by atoms with Crippen LogP contribution in [-0.4, -0.2) is 72.9 Å². The molecule has 4 aromatic rings. The number of unbranched alkanes of at least 4 members (excludes halogenated alkanes) is 4. The number of carbonyl (C=O) groups excluding carboxylic acids is 1. The predicted molar refractivity (Wildman–Crippen MR) is 171 cm³/mol. The number of nitrogens with zero attached hydrogens (tertiary/aromatic N) is 6. The highest BCUT2D eigenvalue weighted by Crippen LogP contribution is 2.48. The summed E-state index contributed by atoms with van der Waals surface area (Å²) in [4.78, 5) is 33.8. The van der Waals surface area contributed by atoms with Gasteiger partial charge in [-0.1, -0.05) is 19.3 Å². The van der Waals surface area contributed by atoms with Crippen molar-refractivity contribution in [3.05, 3.63) is 60.7 Å². The molecule has 280 valence electrons. The molecule has 0 aromatic carbocycles. The summed E-state index contributed by atoms with van der Waals surface area (Å²) in [6.45, 7) is 0.546. The van der Waals surface area contributed by atoms with Crippen LogP contribution in [0.3, 0.4) is 0 Å². The maximum Gasteiger partial charge on any atom is 0.475 e. The van der Waals surface area contributed by atoms with Gasteiger partial charge in [-0.15, -0.1) is 0 Å². The normalized spacial score (nSPS) is 18.7. The van der Waals surface area contributed by atoms with Crippen molar-refractivity contribution in [3.63, 3.8) is 0 Å². The van der Waals surface area contributed by atoms with Crippen LogP contribution in [0.2, 0.25) is 0 Å². The van der Waals surface area contributed by atoms with Crippen LogP contribution in [0.4, 0.5) is 5.82 Å². The van der Waals surface area contributed by atoms with Crippen molar-refractivity contribution in [1.82, 2.24) is 19.5 Å². The third kappa shape index (κ3) is 11.4. The average molecular weight is 957 g/mol. The number of phosphoric ester groups is 1. The Bertz CT molecular complexity index is 1790. The maximum atomic E-state index is 12.7. The molecule has 20 heteroatoms. The molecule has 4 aromatic heterocycles. The molecule has 2 unspecified atom stereocenters. The molecule has 5 heterocycles. The lowest BCUT2D eigenvalue weighted by atomic mass is 10.1. The van der Waals surface area contributed by atoms with Crippen molar-refractivity contribution in [2.75, 3.05) is 25.6 Å². The Kier molecular flexibility index (Phi) is 16.8. The van der Waals surface area contributed by atoms with Crippen LogP contribution in [0.15, 0.2) is 49.3 Å². The zero-order valence-corrected chi connectivity index (χ0v) is 33.2. The smallest absolute Gasteiger partial charge is 0.475 e. The minimum atomic E-state index is -4.77. The number of nitrogens with two attached hydrogens (primary N) is 1. The van der Waals surface area contributed by atoms with Gasteiger partial charge in [0, 0.05) is 18.6 Å². The van der Waals surface area contributed by atoms with Gasteiger partial charge in [0.25, 0.3) is 12.0 Å². The molecule has 1 saturated heterocycles. The first kappa shape index (κ1) is 42.8. The number of rotatable bonds is 18. The topological polar surface area (TPSA) is 218 Å². The van der Waals surface area contributed by atoms with E-state index in [9.17, 15) is 24.5 Å². The highest BCUT2D eigenvalue weighted by atomic mass is 127. The average Bonchev–Trinajstić information content (AvgIpc) is 3.66. The van der Waals surface area contributed by atoms with Crippen molar-refractivity contribution < 1.29 is 105 Å². The van der Waals surface area contributed by atoms with E-state index < -0.39 is 39.2 Å². The number of halogens is 2. The number of aromatic nitrogens is 6. The number of aldehydes is 1. The molecule has 51 heavy (non-hydrogen) atoms. The Labute approximate surface area is 328 Å². The van der Waals surface area contributed by atoms with E-state index >= 15 is 0 Å². The summed E-state index contributed by atoms with van der Waals surface area (Å²) in [5.41, 5.74) is 7.33. The van der Waals surface area contributed by atoms with Gasteiger partial charge in [0.15, 0.2) is 29.2 Å². The van der Waals surface area contributed by atoms with Gasteiger partial charge < -0.3 is 83.0 Å². The molecular formula is C31H42I2N7O10P. The van der Waals surface area contributed by atoms with Crippen LogP contribution >= 0.6 is 7.82 Å². The molecule has 1 fully saturated rings. The number of carbonyl (C=O) groups is 1. The first-order chi connectivity index (χ1) is 23.6. The number of pyridine rings is 2. The van der Waals surface area contributed by atoms with Crippen LogP contribution < -0.4 is 72.3 Å². The van der Waals surface area contributed by atoms with E-state index in [1.54, 1.807) is 47.8 Å². The highest BCUT2D eigenvalue weighted by Gasteiger charge is 2.39. The van der Waals surface area contributed by atoms with Crippen molar-refractivity contribution in [1.29, 1.82) is 0 Å². The molecule has 5 N–H and O–H groups in total. The fourth-order valence-corrected chi connectivity index (χ4v) is 6.16. The van der Waals surface area contributed by atoms with Crippen molar-refractivity contribution >= 4 is 31.1 Å². The standard InChI is InChI=1S/C31H40N7O10P.2HI/c1-36-12-8-9-25(23(36)17-39)45-14-7-5-3-4-6-13-44-21-10-11-22(37(2)16-21)31(41)48-49(42,43)46-18-26-24(40)15-27(47-26)38-20-35-28-29(32)33-19-34-30(28)38;;/h8-12,16-17,19-20,24,26-27,31-32,40-41H,3-7,13-15,18H2,1-2H3;2*1H/t24-,26+,27+,31?;;/m0../s1. The predicted octanol–water partition coefficient (Wildman–Crippen LogP) is -4.24. The SMILES string of the molecule is C[n+]1cc(OCCCCCCCOc2ccc[n+](C)c2C=O)ccc1C(O)OP(=O)(O)OC[C@H]1O[C@@H](n2cnc3c(N)ncnc32)C[C@@H]1O.[I-].[I-]. The number of fused-ring (bicyclic) bond motifs is 1. The van der Waals surface area contributed by atoms with Gasteiger partial charge in [-0.3, -0.25) is 13.9 Å². The van der Waals surface area contributed by atoms with E-state index in [-0.39, 0.29) is 65.9 Å². The lowest BCUT2D eigenvalue weighted by Crippen LogP contribution is -3.00. The number of imidazole rings is 1. The monoisotopic (exact) mass is 957 g/mol. The van der Waals surface area contributed by atoms with Crippen LogP contribution in [-0.2, 0) is 32.4 Å². The maximum absolute atomic E-state index is 12.7. The van der Waals surface area contributed by atoms with Crippen LogP contribution in [0.25, 0.3) is 11.2 Å². The Morgan fingerprint density at radius 2 is 1.80 bits per heavy atom. The summed E-state index contributed by atoms with van der Waals surface area (Å²) < 4.78 is 45.0. The molecule has 0 bridgehead atoms. The van der Waals surface area contributed by atoms with E-state index in [1.165, 1.54) is 23.3 Å². The second-order valence-electron chi connectivity index (χ2n) is 11.6. The number of aryl methyl sites for hydroxylation is 2. The number of hydrogen-bond acceptors (Lipinski definition) is 13. The quantitative estimate of drug-likeness (QED) is 0.0186. The van der Waals surface area contributed by atoms with Crippen molar-refractivity contribution in [3.8, 4) is 11.5 Å². The molecule has 0 spiro atoms. The van der Waals surface area contributed by atoms with Crippen LogP contribution in [0, 0.1) is 0 Å². The van der Waals surface area contributed by atoms with E-state index in [0.717, 1.165) is 38.4 Å². The number of ether oxygens (including phenoxy) is 3. The summed E-state index contributed by atoms with van der Waals surface area (Å²) in [7, 11) is -1.34. The number of anilines is 1. The van der Waals surface area contributed by atoms with E-state index in [2.05, 4.69) is 15.0 Å². The lowest BCUT2D eigenvalue weighted by molar-refractivity contribution is -0.686. The molecule has 1 aliphatic rings. The van der Waals surface area contributed by atoms with Crippen molar-refractivity contribution in [2.45, 2.75) is 63.3 Å². The van der Waals surface area contributed by atoms with Crippen LogP contribution in [0.1, 0.15) is 67.2 Å². The zero-order chi connectivity index (χ0) is 35.0. The Balaban J connectivity index is 0.00000351. The molecule has 17 nitrogen and oxygen atoms in total. The van der Waals surface area contributed by atoms with Gasteiger partial charge in [0.2, 0.25) is 18.2 Å². The molecule has 0 saturated carbocycles. The summed E-state index contributed by atoms with van der Waals surface area (Å²) >= 11 is 0. The first-order valence-electron chi connectivity index (χ1n) is 15.9. The van der Waals surface area contributed by atoms with E-state index in [4.69, 9.17) is 29.0 Å². The molecular weight excluding hydrogens is 915 g/mol. The largest absolute Gasteiger partial charge is 1.00 e. The summed E-state index contributed by atoms with van der Waals surface area (Å²) in [6.07, 6.45) is 7.31. The third-order valence-corrected chi connectivity index (χ3v) is 8.99. The Hall–Kier alpha value is -2.63. The third-order valence-electron chi connectivity index (χ3n) is 8.05. The minimum Gasteiger partial charge on any atom is -1.00 e. The molecule has 5 rings (SSSR count). The summed E-state index contributed by atoms with van der Waals surface area (Å²) in [6, 6.07) is 6.77. The highest BCUT2D eigenvalue weighted by molar-refractivity contribution is 7.47. The van der Waals surface area contributed by atoms with Gasteiger partial charge in [-0.05, 0) is 25.0 Å². The lowest BCUT2D eigenvalue weighted by Gasteiger charge is -2.19. The Morgan fingerprint density at radius 3 is 2.53 bits per heavy atom. The number of aliphatic hydroxyl groups is 2. The second kappa shape index (κ2) is 20.0. The second-order valence-corrected chi connectivity index (χ2v) is 13.0. The van der Waals surface area contributed by atoms with E-state index in [1.807, 2.05) is 6.07 Å². The summed E-state index contributed by atoms with van der Waals surface area (Å²) in [5, 5.41) is 21.1. The molecule has 0 amide bonds. The van der Waals surface area contributed by atoms with Gasteiger partial charge >= 0.3 is 7.82 Å². The van der Waals surface area contributed by atoms with Gasteiger partial charge in [0.1, 0.15) is 38.3 Å². The van der Waals surface area contributed by atoms with Gasteiger partial charge in [0.05, 0.1) is 32.3 Å². The number of hydrogen-bond donors (Lipinski definition) is 4. The fraction of sp³-hybridized carbons (Fsp3) is 0.484. The Morgan fingerprint density at radius 1 is 1.08 bits per heavy atom. The molecule has 0 aliphatic carbocycles. The zero-order valence-electron chi connectivity index (χ0n) is 28.0. The van der Waals surface area contributed by atoms with Crippen molar-refractivity contribution in [2.24, 2.45) is 14.1 Å². The van der Waals surface area contributed by atoms with E-state index in [0.29, 0.717) is 41.6 Å². The summed E-state index contributed by atoms with van der Waals surface area (Å²) in [5.74, 6) is 1.34. The van der Waals surface area contributed by atoms with Gasteiger partial charge in [-0.2, -0.15) is 9.13 Å². The number of aliphatic hydroxyl groups excluding tert-OH is 2. The molecule has 0 radical (unpaired) electrons. The van der Waals surface area contributed by atoms with Gasteiger partial charge in [-0.25, -0.2) is 24.0 Å². The van der Waals surface area contributed by atoms with Crippen LogP contribution in [0.5, 0.6) is 11.5 Å². The number of nitrogen functional groups attached to an aromatic ring is 1.